The van der Waals surface area contributed by atoms with E-state index in [1.165, 1.54) is 35.9 Å². The third kappa shape index (κ3) is 3.15. The summed E-state index contributed by atoms with van der Waals surface area (Å²) < 4.78 is 5.37. The van der Waals surface area contributed by atoms with E-state index in [0.29, 0.717) is 23.5 Å². The van der Waals surface area contributed by atoms with E-state index in [1.807, 2.05) is 24.3 Å². The highest BCUT2D eigenvalue weighted by molar-refractivity contribution is 8.00. The zero-order chi connectivity index (χ0) is 19.3. The second kappa shape index (κ2) is 6.90. The van der Waals surface area contributed by atoms with Crippen molar-refractivity contribution in [3.05, 3.63) is 24.3 Å². The van der Waals surface area contributed by atoms with Crippen LogP contribution >= 0.6 is 11.8 Å². The standard InChI is InChI=1S/C22H25NO4S/c24-19(22-8-14-5-15(9-22)7-16(6-14)10-22)12-27-21(26)11-23-17-3-1-2-4-18(17)28-13-20(23)25/h1-4,14-16H,5-13H2. The number of carbonyl (C=O) groups excluding carboxylic acids is 3. The van der Waals surface area contributed by atoms with E-state index in [1.54, 1.807) is 0 Å². The van der Waals surface area contributed by atoms with Crippen molar-refractivity contribution in [2.24, 2.45) is 23.2 Å². The molecule has 148 valence electrons. The van der Waals surface area contributed by atoms with Gasteiger partial charge in [-0.2, -0.15) is 0 Å². The molecule has 0 N–H and O–H groups in total. The lowest BCUT2D eigenvalue weighted by molar-refractivity contribution is -0.157. The lowest BCUT2D eigenvalue weighted by atomic mass is 9.48. The molecular formula is C22H25NO4S. The van der Waals surface area contributed by atoms with Gasteiger partial charge in [-0.1, -0.05) is 12.1 Å². The molecule has 0 aromatic heterocycles. The third-order valence-electron chi connectivity index (χ3n) is 7.09. The largest absolute Gasteiger partial charge is 0.456 e. The molecule has 1 aromatic carbocycles. The molecule has 1 aliphatic heterocycles. The van der Waals surface area contributed by atoms with Crippen LogP contribution in [0.3, 0.4) is 0 Å². The fourth-order valence-corrected chi connectivity index (χ4v) is 7.19. The molecule has 6 rings (SSSR count). The van der Waals surface area contributed by atoms with Gasteiger partial charge in [-0.15, -0.1) is 11.8 Å². The molecule has 1 aromatic rings. The number of nitrogens with zero attached hydrogens (tertiary/aromatic N) is 1. The summed E-state index contributed by atoms with van der Waals surface area (Å²) in [6.07, 6.45) is 6.77. The summed E-state index contributed by atoms with van der Waals surface area (Å²) in [5.41, 5.74) is 0.493. The monoisotopic (exact) mass is 399 g/mol. The summed E-state index contributed by atoms with van der Waals surface area (Å²) in [5, 5.41) is 0. The Balaban J connectivity index is 1.21. The van der Waals surface area contributed by atoms with Gasteiger partial charge < -0.3 is 4.74 Å². The number of amides is 1. The zero-order valence-electron chi connectivity index (χ0n) is 15.9. The van der Waals surface area contributed by atoms with Gasteiger partial charge in [0.05, 0.1) is 11.4 Å². The Morgan fingerprint density at radius 3 is 2.39 bits per heavy atom. The van der Waals surface area contributed by atoms with Gasteiger partial charge in [-0.3, -0.25) is 19.3 Å². The van der Waals surface area contributed by atoms with Crippen LogP contribution in [0.2, 0.25) is 0 Å². The van der Waals surface area contributed by atoms with Gasteiger partial charge in [0.15, 0.2) is 12.4 Å². The van der Waals surface area contributed by atoms with Crippen LogP contribution in [0.15, 0.2) is 29.2 Å². The molecule has 4 bridgehead atoms. The smallest absolute Gasteiger partial charge is 0.326 e. The van der Waals surface area contributed by atoms with Crippen molar-refractivity contribution < 1.29 is 19.1 Å². The second-order valence-corrected chi connectivity index (χ2v) is 10.0. The fourth-order valence-electron chi connectivity index (χ4n) is 6.25. The average molecular weight is 400 g/mol. The number of thioether (sulfide) groups is 1. The third-order valence-corrected chi connectivity index (χ3v) is 8.14. The molecule has 5 aliphatic rings. The van der Waals surface area contributed by atoms with Gasteiger partial charge in [0, 0.05) is 10.3 Å². The summed E-state index contributed by atoms with van der Waals surface area (Å²) >= 11 is 1.48. The van der Waals surface area contributed by atoms with Crippen LogP contribution in [0.4, 0.5) is 5.69 Å². The highest BCUT2D eigenvalue weighted by Crippen LogP contribution is 2.60. The maximum Gasteiger partial charge on any atom is 0.326 e. The number of rotatable bonds is 5. The van der Waals surface area contributed by atoms with Crippen molar-refractivity contribution in [1.82, 2.24) is 0 Å². The average Bonchev–Trinajstić information content (AvgIpc) is 2.67. The Labute approximate surface area is 169 Å². The highest BCUT2D eigenvalue weighted by Gasteiger charge is 2.54. The van der Waals surface area contributed by atoms with Crippen molar-refractivity contribution in [2.75, 3.05) is 23.8 Å². The minimum atomic E-state index is -0.506. The number of carbonyl (C=O) groups is 3. The van der Waals surface area contributed by atoms with Crippen molar-refractivity contribution in [2.45, 2.75) is 43.4 Å². The molecule has 0 saturated heterocycles. The Hall–Kier alpha value is -1.82. The van der Waals surface area contributed by atoms with Gasteiger partial charge in [-0.05, 0) is 68.4 Å². The molecule has 1 amide bonds. The molecule has 0 unspecified atom stereocenters. The SMILES string of the molecule is O=C(CN1C(=O)CSc2ccccc21)OCC(=O)C12CC3CC(CC(C3)C1)C2. The van der Waals surface area contributed by atoms with Crippen LogP contribution in [0.5, 0.6) is 0 Å². The van der Waals surface area contributed by atoms with E-state index in [2.05, 4.69) is 0 Å². The van der Waals surface area contributed by atoms with E-state index in [4.69, 9.17) is 4.74 Å². The summed E-state index contributed by atoms with van der Waals surface area (Å²) in [4.78, 5) is 40.2. The first-order chi connectivity index (χ1) is 13.5. The van der Waals surface area contributed by atoms with Crippen LogP contribution < -0.4 is 4.90 Å². The maximum absolute atomic E-state index is 13.0. The number of Topliss-reactive ketones (excluding diaryl/α,β-unsaturated/α-hetero) is 1. The Morgan fingerprint density at radius 2 is 1.71 bits per heavy atom. The van der Waals surface area contributed by atoms with Crippen LogP contribution in [0.1, 0.15) is 38.5 Å². The molecule has 4 saturated carbocycles. The van der Waals surface area contributed by atoms with Crippen LogP contribution in [-0.4, -0.2) is 36.6 Å². The van der Waals surface area contributed by atoms with E-state index in [9.17, 15) is 14.4 Å². The Morgan fingerprint density at radius 1 is 1.07 bits per heavy atom. The molecule has 4 fully saturated rings. The van der Waals surface area contributed by atoms with Crippen LogP contribution in [0.25, 0.3) is 0 Å². The van der Waals surface area contributed by atoms with Crippen molar-refractivity contribution >= 4 is 35.1 Å². The van der Waals surface area contributed by atoms with E-state index in [-0.39, 0.29) is 30.3 Å². The zero-order valence-corrected chi connectivity index (χ0v) is 16.7. The molecular weight excluding hydrogens is 374 g/mol. The lowest BCUT2D eigenvalue weighted by Crippen LogP contribution is -2.51. The molecule has 4 aliphatic carbocycles. The lowest BCUT2D eigenvalue weighted by Gasteiger charge is -2.55. The number of fused-ring (bicyclic) bond motifs is 1. The van der Waals surface area contributed by atoms with Crippen molar-refractivity contribution in [3.8, 4) is 0 Å². The van der Waals surface area contributed by atoms with E-state index < -0.39 is 5.97 Å². The molecule has 28 heavy (non-hydrogen) atoms. The van der Waals surface area contributed by atoms with Crippen molar-refractivity contribution in [1.29, 1.82) is 0 Å². The Bertz CT molecular complexity index is 800. The normalized spacial score (nSPS) is 32.9. The summed E-state index contributed by atoms with van der Waals surface area (Å²) in [6, 6.07) is 7.56. The van der Waals surface area contributed by atoms with Gasteiger partial charge in [0.25, 0.3) is 0 Å². The summed E-state index contributed by atoms with van der Waals surface area (Å²) in [7, 11) is 0. The molecule has 0 radical (unpaired) electrons. The van der Waals surface area contributed by atoms with E-state index >= 15 is 0 Å². The summed E-state index contributed by atoms with van der Waals surface area (Å²) in [5.74, 6) is 1.86. The van der Waals surface area contributed by atoms with Crippen LogP contribution in [-0.2, 0) is 19.1 Å². The van der Waals surface area contributed by atoms with Crippen molar-refractivity contribution in [3.63, 3.8) is 0 Å². The second-order valence-electron chi connectivity index (χ2n) is 9.02. The molecule has 5 nitrogen and oxygen atoms in total. The molecule has 0 spiro atoms. The fraction of sp³-hybridized carbons (Fsp3) is 0.591. The molecule has 1 heterocycles. The predicted molar refractivity (Wildman–Crippen MR) is 106 cm³/mol. The minimum absolute atomic E-state index is 0.0980. The first-order valence-electron chi connectivity index (χ1n) is 10.2. The first-order valence-corrected chi connectivity index (χ1v) is 11.2. The number of ketones is 1. The molecule has 0 atom stereocenters. The topological polar surface area (TPSA) is 63.7 Å². The van der Waals surface area contributed by atoms with Crippen LogP contribution in [0, 0.1) is 23.2 Å². The maximum atomic E-state index is 13.0. The quantitative estimate of drug-likeness (QED) is 0.710. The minimum Gasteiger partial charge on any atom is -0.456 e. The first kappa shape index (κ1) is 18.2. The number of esters is 1. The number of benzene rings is 1. The summed E-state index contributed by atoms with van der Waals surface area (Å²) in [6.45, 7) is -0.284. The highest BCUT2D eigenvalue weighted by atomic mass is 32.2. The van der Waals surface area contributed by atoms with Gasteiger partial charge in [0.1, 0.15) is 6.54 Å². The number of anilines is 1. The van der Waals surface area contributed by atoms with E-state index in [0.717, 1.165) is 29.8 Å². The van der Waals surface area contributed by atoms with Gasteiger partial charge in [-0.25, -0.2) is 0 Å². The number of hydrogen-bond donors (Lipinski definition) is 0. The van der Waals surface area contributed by atoms with Gasteiger partial charge >= 0.3 is 5.97 Å². The Kier molecular flexibility index (Phi) is 4.49. The van der Waals surface area contributed by atoms with Gasteiger partial charge in [0.2, 0.25) is 5.91 Å². The molecule has 6 heteroatoms. The number of ether oxygens (including phenoxy) is 1. The number of hydrogen-bond acceptors (Lipinski definition) is 5. The number of para-hydroxylation sites is 1. The predicted octanol–water partition coefficient (Wildman–Crippen LogP) is 3.45.